The lowest BCUT2D eigenvalue weighted by atomic mass is 10.2. The molecule has 0 fully saturated rings. The van der Waals surface area contributed by atoms with E-state index in [0.717, 1.165) is 23.1 Å². The Morgan fingerprint density at radius 3 is 2.75 bits per heavy atom. The van der Waals surface area contributed by atoms with E-state index in [4.69, 9.17) is 17.0 Å². The van der Waals surface area contributed by atoms with E-state index in [-0.39, 0.29) is 17.6 Å². The molecule has 0 aliphatic rings. The van der Waals surface area contributed by atoms with Crippen molar-refractivity contribution in [3.05, 3.63) is 28.2 Å². The summed E-state index contributed by atoms with van der Waals surface area (Å²) < 4.78 is 6.45. The first kappa shape index (κ1) is 20.9. The summed E-state index contributed by atoms with van der Waals surface area (Å²) in [4.78, 5) is 12.1. The third-order valence-electron chi connectivity index (χ3n) is 3.23. The van der Waals surface area contributed by atoms with Gasteiger partial charge in [-0.15, -0.1) is 0 Å². The fraction of sp³-hybridized carbons (Fsp3) is 0.529. The SMILES string of the molecule is CCCCCCOc1ccc(C(=O)NC(=S)NCC(C)O)cc1Br. The van der Waals surface area contributed by atoms with Crippen LogP contribution < -0.4 is 15.4 Å². The van der Waals surface area contributed by atoms with Crippen LogP contribution >= 0.6 is 28.1 Å². The predicted octanol–water partition coefficient (Wildman–Crippen LogP) is 3.39. The molecule has 0 radical (unpaired) electrons. The van der Waals surface area contributed by atoms with Gasteiger partial charge in [0.25, 0.3) is 5.91 Å². The summed E-state index contributed by atoms with van der Waals surface area (Å²) in [6.45, 7) is 4.76. The highest BCUT2D eigenvalue weighted by Gasteiger charge is 2.11. The zero-order valence-electron chi connectivity index (χ0n) is 14.1. The second kappa shape index (κ2) is 11.4. The summed E-state index contributed by atoms with van der Waals surface area (Å²) in [5, 5.41) is 14.7. The van der Waals surface area contributed by atoms with Gasteiger partial charge < -0.3 is 15.2 Å². The number of carbonyl (C=O) groups excluding carboxylic acids is 1. The molecule has 134 valence electrons. The van der Waals surface area contributed by atoms with E-state index in [1.54, 1.807) is 25.1 Å². The van der Waals surface area contributed by atoms with Gasteiger partial charge in [-0.3, -0.25) is 10.1 Å². The largest absolute Gasteiger partial charge is 0.492 e. The molecule has 1 atom stereocenters. The molecule has 3 N–H and O–H groups in total. The number of benzene rings is 1. The summed E-state index contributed by atoms with van der Waals surface area (Å²) in [6, 6.07) is 5.16. The molecule has 1 rings (SSSR count). The Kier molecular flexibility index (Phi) is 9.90. The van der Waals surface area contributed by atoms with E-state index in [9.17, 15) is 9.90 Å². The van der Waals surface area contributed by atoms with Crippen molar-refractivity contribution in [1.82, 2.24) is 10.6 Å². The molecule has 0 aliphatic heterocycles. The van der Waals surface area contributed by atoms with Crippen molar-refractivity contribution >= 4 is 39.2 Å². The fourth-order valence-electron chi connectivity index (χ4n) is 1.93. The number of hydrogen-bond donors (Lipinski definition) is 3. The minimum Gasteiger partial charge on any atom is -0.492 e. The molecule has 1 unspecified atom stereocenters. The van der Waals surface area contributed by atoms with Gasteiger partial charge in [0.15, 0.2) is 5.11 Å². The number of aliphatic hydroxyl groups is 1. The van der Waals surface area contributed by atoms with Crippen molar-refractivity contribution in [2.45, 2.75) is 45.6 Å². The molecule has 0 saturated carbocycles. The maximum Gasteiger partial charge on any atom is 0.257 e. The molecule has 1 amide bonds. The number of aliphatic hydroxyl groups excluding tert-OH is 1. The topological polar surface area (TPSA) is 70.6 Å². The average Bonchev–Trinajstić information content (AvgIpc) is 2.54. The van der Waals surface area contributed by atoms with Crippen LogP contribution in [0, 0.1) is 0 Å². The van der Waals surface area contributed by atoms with Crippen molar-refractivity contribution in [1.29, 1.82) is 0 Å². The van der Waals surface area contributed by atoms with Crippen LogP contribution in [0.5, 0.6) is 5.75 Å². The minimum absolute atomic E-state index is 0.188. The number of hydrogen-bond acceptors (Lipinski definition) is 4. The fourth-order valence-corrected chi connectivity index (χ4v) is 2.60. The lowest BCUT2D eigenvalue weighted by molar-refractivity contribution is 0.0976. The highest BCUT2D eigenvalue weighted by atomic mass is 79.9. The van der Waals surface area contributed by atoms with Crippen LogP contribution in [0.3, 0.4) is 0 Å². The molecule has 0 aliphatic carbocycles. The molecule has 0 aromatic heterocycles. The van der Waals surface area contributed by atoms with Crippen molar-refractivity contribution in [3.63, 3.8) is 0 Å². The van der Waals surface area contributed by atoms with Crippen LogP contribution in [0.2, 0.25) is 0 Å². The van der Waals surface area contributed by atoms with E-state index in [1.807, 2.05) is 0 Å². The molecule has 7 heteroatoms. The Hall–Kier alpha value is -1.18. The predicted molar refractivity (Wildman–Crippen MR) is 104 cm³/mol. The van der Waals surface area contributed by atoms with Crippen LogP contribution in [0.4, 0.5) is 0 Å². The maximum absolute atomic E-state index is 12.1. The zero-order valence-corrected chi connectivity index (χ0v) is 16.5. The first-order valence-electron chi connectivity index (χ1n) is 8.13. The molecule has 0 spiro atoms. The third kappa shape index (κ3) is 8.08. The Morgan fingerprint density at radius 2 is 2.12 bits per heavy atom. The highest BCUT2D eigenvalue weighted by Crippen LogP contribution is 2.26. The minimum atomic E-state index is -0.539. The van der Waals surface area contributed by atoms with Crippen LogP contribution in [0.15, 0.2) is 22.7 Å². The number of nitrogens with one attached hydrogen (secondary N) is 2. The summed E-state index contributed by atoms with van der Waals surface area (Å²) in [6.07, 6.45) is 4.05. The molecular weight excluding hydrogens is 392 g/mol. The molecule has 5 nitrogen and oxygen atoms in total. The van der Waals surface area contributed by atoms with E-state index < -0.39 is 6.10 Å². The van der Waals surface area contributed by atoms with E-state index in [1.165, 1.54) is 12.8 Å². The van der Waals surface area contributed by atoms with Crippen molar-refractivity contribution in [2.24, 2.45) is 0 Å². The molecule has 24 heavy (non-hydrogen) atoms. The monoisotopic (exact) mass is 416 g/mol. The van der Waals surface area contributed by atoms with E-state index in [2.05, 4.69) is 33.5 Å². The van der Waals surface area contributed by atoms with Crippen LogP contribution in [-0.2, 0) is 0 Å². The zero-order chi connectivity index (χ0) is 17.9. The standard InChI is InChI=1S/C17H25BrN2O3S/c1-3-4-5-6-9-23-15-8-7-13(10-14(15)18)16(22)20-17(24)19-11-12(2)21/h7-8,10,12,21H,3-6,9,11H2,1-2H3,(H2,19,20,22,24). The van der Waals surface area contributed by atoms with Gasteiger partial charge in [-0.25, -0.2) is 0 Å². The Labute approximate surface area is 157 Å². The smallest absolute Gasteiger partial charge is 0.257 e. The Balaban J connectivity index is 2.50. The van der Waals surface area contributed by atoms with Gasteiger partial charge in [-0.1, -0.05) is 26.2 Å². The normalized spacial score (nSPS) is 11.7. The van der Waals surface area contributed by atoms with Crippen molar-refractivity contribution < 1.29 is 14.6 Å². The van der Waals surface area contributed by atoms with Crippen LogP contribution in [-0.4, -0.2) is 35.4 Å². The molecule has 0 bridgehead atoms. The molecule has 1 aromatic carbocycles. The van der Waals surface area contributed by atoms with Gasteiger partial charge in [0, 0.05) is 12.1 Å². The second-order valence-electron chi connectivity index (χ2n) is 5.57. The van der Waals surface area contributed by atoms with Gasteiger partial charge in [0.1, 0.15) is 5.75 Å². The second-order valence-corrected chi connectivity index (χ2v) is 6.83. The summed E-state index contributed by atoms with van der Waals surface area (Å²) in [5.74, 6) is 0.408. The first-order valence-corrected chi connectivity index (χ1v) is 9.33. The maximum atomic E-state index is 12.1. The Morgan fingerprint density at radius 1 is 1.38 bits per heavy atom. The summed E-state index contributed by atoms with van der Waals surface area (Å²) in [5.41, 5.74) is 0.474. The van der Waals surface area contributed by atoms with Gasteiger partial charge in [0.2, 0.25) is 0 Å². The lowest BCUT2D eigenvalue weighted by Crippen LogP contribution is -2.41. The number of unbranched alkanes of at least 4 members (excludes halogenated alkanes) is 3. The number of ether oxygens (including phenoxy) is 1. The van der Waals surface area contributed by atoms with Gasteiger partial charge >= 0.3 is 0 Å². The summed E-state index contributed by atoms with van der Waals surface area (Å²) in [7, 11) is 0. The first-order chi connectivity index (χ1) is 11.4. The molecule has 0 heterocycles. The van der Waals surface area contributed by atoms with E-state index >= 15 is 0 Å². The number of halogens is 1. The van der Waals surface area contributed by atoms with Crippen molar-refractivity contribution in [3.8, 4) is 5.75 Å². The Bertz CT molecular complexity index is 553. The van der Waals surface area contributed by atoms with Gasteiger partial charge in [-0.05, 0) is 59.7 Å². The highest BCUT2D eigenvalue weighted by molar-refractivity contribution is 9.10. The summed E-state index contributed by atoms with van der Waals surface area (Å²) >= 11 is 8.44. The van der Waals surface area contributed by atoms with Gasteiger partial charge in [0.05, 0.1) is 17.2 Å². The van der Waals surface area contributed by atoms with Crippen LogP contribution in [0.25, 0.3) is 0 Å². The number of rotatable bonds is 9. The molecular formula is C17H25BrN2O3S. The van der Waals surface area contributed by atoms with Crippen molar-refractivity contribution in [2.75, 3.05) is 13.2 Å². The van der Waals surface area contributed by atoms with Gasteiger partial charge in [-0.2, -0.15) is 0 Å². The number of amides is 1. The lowest BCUT2D eigenvalue weighted by Gasteiger charge is -2.12. The molecule has 0 saturated heterocycles. The number of thiocarbonyl (C=S) groups is 1. The quantitative estimate of drug-likeness (QED) is 0.425. The van der Waals surface area contributed by atoms with Crippen LogP contribution in [0.1, 0.15) is 49.9 Å². The van der Waals surface area contributed by atoms with E-state index in [0.29, 0.717) is 12.2 Å². The third-order valence-corrected chi connectivity index (χ3v) is 4.10. The number of carbonyl (C=O) groups is 1. The average molecular weight is 417 g/mol. The molecule has 1 aromatic rings.